The van der Waals surface area contributed by atoms with Gasteiger partial charge in [0.05, 0.1) is 10.5 Å². The van der Waals surface area contributed by atoms with Crippen LogP contribution in [0, 0.1) is 0 Å². The molecule has 1 aliphatic rings. The maximum Gasteiger partial charge on any atom is 0.335 e. The molecule has 0 bridgehead atoms. The van der Waals surface area contributed by atoms with E-state index in [2.05, 4.69) is 10.0 Å². The van der Waals surface area contributed by atoms with E-state index in [-0.39, 0.29) is 16.5 Å². The van der Waals surface area contributed by atoms with Gasteiger partial charge in [-0.3, -0.25) is 0 Å². The van der Waals surface area contributed by atoms with E-state index < -0.39 is 16.0 Å². The van der Waals surface area contributed by atoms with Gasteiger partial charge in [0, 0.05) is 6.04 Å². The predicted molar refractivity (Wildman–Crippen MR) is 69.6 cm³/mol. The van der Waals surface area contributed by atoms with Crippen LogP contribution in [0.25, 0.3) is 0 Å². The van der Waals surface area contributed by atoms with Crippen molar-refractivity contribution in [3.05, 3.63) is 29.8 Å². The third kappa shape index (κ3) is 3.52. The average Bonchev–Trinajstić information content (AvgIpc) is 2.39. The number of aromatic carboxylic acids is 1. The van der Waals surface area contributed by atoms with Gasteiger partial charge in [0.1, 0.15) is 0 Å². The molecule has 0 atom stereocenters. The molecule has 1 saturated heterocycles. The van der Waals surface area contributed by atoms with Crippen molar-refractivity contribution in [3.63, 3.8) is 0 Å². The first-order chi connectivity index (χ1) is 8.99. The zero-order valence-electron chi connectivity index (χ0n) is 10.3. The molecule has 0 saturated carbocycles. The van der Waals surface area contributed by atoms with Gasteiger partial charge < -0.3 is 10.4 Å². The molecule has 7 heteroatoms. The second kappa shape index (κ2) is 5.68. The number of nitrogens with one attached hydrogen (secondary N) is 2. The molecule has 1 heterocycles. The van der Waals surface area contributed by atoms with Crippen molar-refractivity contribution >= 4 is 16.0 Å². The van der Waals surface area contributed by atoms with E-state index in [4.69, 9.17) is 5.11 Å². The van der Waals surface area contributed by atoms with Gasteiger partial charge in [-0.05, 0) is 44.1 Å². The zero-order valence-corrected chi connectivity index (χ0v) is 11.1. The Bertz CT molecular complexity index is 565. The van der Waals surface area contributed by atoms with Crippen LogP contribution < -0.4 is 10.0 Å². The van der Waals surface area contributed by atoms with Crippen molar-refractivity contribution in [1.82, 2.24) is 10.0 Å². The summed E-state index contributed by atoms with van der Waals surface area (Å²) in [5.74, 6) is -1.14. The summed E-state index contributed by atoms with van der Waals surface area (Å²) >= 11 is 0. The molecule has 6 nitrogen and oxygen atoms in total. The monoisotopic (exact) mass is 284 g/mol. The predicted octanol–water partition coefficient (Wildman–Crippen LogP) is 0.415. The molecule has 3 N–H and O–H groups in total. The molecule has 104 valence electrons. The Morgan fingerprint density at radius 1 is 1.32 bits per heavy atom. The zero-order chi connectivity index (χ0) is 13.9. The lowest BCUT2D eigenvalue weighted by Crippen LogP contribution is -2.42. The average molecular weight is 284 g/mol. The van der Waals surface area contributed by atoms with Gasteiger partial charge >= 0.3 is 5.97 Å². The third-order valence-electron chi connectivity index (χ3n) is 3.05. The highest BCUT2D eigenvalue weighted by Crippen LogP contribution is 2.14. The Labute approximate surface area is 111 Å². The van der Waals surface area contributed by atoms with Crippen LogP contribution in [-0.2, 0) is 10.0 Å². The molecule has 0 unspecified atom stereocenters. The van der Waals surface area contributed by atoms with Crippen LogP contribution in [0.3, 0.4) is 0 Å². The Kier molecular flexibility index (Phi) is 4.18. The van der Waals surface area contributed by atoms with E-state index in [9.17, 15) is 13.2 Å². The first-order valence-corrected chi connectivity index (χ1v) is 7.54. The second-order valence-electron chi connectivity index (χ2n) is 4.48. The van der Waals surface area contributed by atoms with Crippen LogP contribution >= 0.6 is 0 Å². The van der Waals surface area contributed by atoms with Gasteiger partial charge in [0.15, 0.2) is 0 Å². The van der Waals surface area contributed by atoms with Gasteiger partial charge in [-0.2, -0.15) is 0 Å². The Morgan fingerprint density at radius 3 is 2.63 bits per heavy atom. The SMILES string of the molecule is O=C(O)c1cccc(S(=O)(=O)NC2CCNCC2)c1. The van der Waals surface area contributed by atoms with Crippen molar-refractivity contribution in [3.8, 4) is 0 Å². The van der Waals surface area contributed by atoms with Crippen LogP contribution in [0.2, 0.25) is 0 Å². The van der Waals surface area contributed by atoms with Gasteiger partial charge in [0.25, 0.3) is 0 Å². The molecule has 2 rings (SSSR count). The van der Waals surface area contributed by atoms with Gasteiger partial charge in [-0.15, -0.1) is 0 Å². The first kappa shape index (κ1) is 14.0. The summed E-state index contributed by atoms with van der Waals surface area (Å²) in [7, 11) is -3.66. The van der Waals surface area contributed by atoms with Crippen LogP contribution in [-0.4, -0.2) is 38.6 Å². The summed E-state index contributed by atoms with van der Waals surface area (Å²) in [6.45, 7) is 1.56. The molecular weight excluding hydrogens is 268 g/mol. The molecule has 0 aromatic heterocycles. The molecule has 1 aromatic rings. The third-order valence-corrected chi connectivity index (χ3v) is 4.57. The Hall–Kier alpha value is -1.44. The quantitative estimate of drug-likeness (QED) is 0.744. The summed E-state index contributed by atoms with van der Waals surface area (Å²) in [6, 6.07) is 5.27. The molecule has 0 aliphatic carbocycles. The minimum Gasteiger partial charge on any atom is -0.478 e. The summed E-state index contributed by atoms with van der Waals surface area (Å²) in [5.41, 5.74) is -0.0341. The fourth-order valence-corrected chi connectivity index (χ4v) is 3.37. The lowest BCUT2D eigenvalue weighted by molar-refractivity contribution is 0.0696. The number of carbonyl (C=O) groups is 1. The lowest BCUT2D eigenvalue weighted by atomic mass is 10.1. The highest BCUT2D eigenvalue weighted by Gasteiger charge is 2.22. The van der Waals surface area contributed by atoms with Crippen LogP contribution in [0.15, 0.2) is 29.2 Å². The molecule has 19 heavy (non-hydrogen) atoms. The van der Waals surface area contributed by atoms with Gasteiger partial charge in [-0.1, -0.05) is 6.07 Å². The standard InChI is InChI=1S/C12H16N2O4S/c15-12(16)9-2-1-3-11(8-9)19(17,18)14-10-4-6-13-7-5-10/h1-3,8,10,13-14H,4-7H2,(H,15,16). The van der Waals surface area contributed by atoms with Crippen molar-refractivity contribution in [2.24, 2.45) is 0 Å². The van der Waals surface area contributed by atoms with E-state index in [1.165, 1.54) is 24.3 Å². The number of hydrogen-bond donors (Lipinski definition) is 3. The van der Waals surface area contributed by atoms with Crippen molar-refractivity contribution < 1.29 is 18.3 Å². The van der Waals surface area contributed by atoms with Crippen LogP contribution in [0.1, 0.15) is 23.2 Å². The van der Waals surface area contributed by atoms with Crippen molar-refractivity contribution in [2.75, 3.05) is 13.1 Å². The molecule has 0 spiro atoms. The number of rotatable bonds is 4. The van der Waals surface area contributed by atoms with Gasteiger partial charge in [-0.25, -0.2) is 17.9 Å². The number of benzene rings is 1. The molecule has 1 aromatic carbocycles. The molecule has 0 amide bonds. The molecule has 1 fully saturated rings. The summed E-state index contributed by atoms with van der Waals surface area (Å²) in [5, 5.41) is 12.0. The van der Waals surface area contributed by atoms with E-state index in [0.717, 1.165) is 25.9 Å². The van der Waals surface area contributed by atoms with Crippen LogP contribution in [0.4, 0.5) is 0 Å². The molecular formula is C12H16N2O4S. The highest BCUT2D eigenvalue weighted by atomic mass is 32.2. The maximum atomic E-state index is 12.2. The lowest BCUT2D eigenvalue weighted by Gasteiger charge is -2.23. The fourth-order valence-electron chi connectivity index (χ4n) is 2.02. The second-order valence-corrected chi connectivity index (χ2v) is 6.19. The number of sulfonamides is 1. The minimum atomic E-state index is -3.66. The van der Waals surface area contributed by atoms with E-state index in [0.29, 0.717) is 0 Å². The largest absolute Gasteiger partial charge is 0.478 e. The fraction of sp³-hybridized carbons (Fsp3) is 0.417. The smallest absolute Gasteiger partial charge is 0.335 e. The van der Waals surface area contributed by atoms with E-state index >= 15 is 0 Å². The normalized spacial score (nSPS) is 17.3. The number of hydrogen-bond acceptors (Lipinski definition) is 4. The van der Waals surface area contributed by atoms with Crippen LogP contribution in [0.5, 0.6) is 0 Å². The summed E-state index contributed by atoms with van der Waals surface area (Å²) < 4.78 is 26.9. The maximum absolute atomic E-state index is 12.2. The van der Waals surface area contributed by atoms with E-state index in [1.807, 2.05) is 0 Å². The van der Waals surface area contributed by atoms with E-state index in [1.54, 1.807) is 0 Å². The minimum absolute atomic E-state index is 0.00840. The Morgan fingerprint density at radius 2 is 2.00 bits per heavy atom. The molecule has 0 radical (unpaired) electrons. The Balaban J connectivity index is 2.18. The van der Waals surface area contributed by atoms with Crippen molar-refractivity contribution in [2.45, 2.75) is 23.8 Å². The highest BCUT2D eigenvalue weighted by molar-refractivity contribution is 7.89. The number of carboxylic acids is 1. The molecule has 1 aliphatic heterocycles. The summed E-state index contributed by atoms with van der Waals surface area (Å²) in [4.78, 5) is 10.8. The topological polar surface area (TPSA) is 95.5 Å². The van der Waals surface area contributed by atoms with Gasteiger partial charge in [0.2, 0.25) is 10.0 Å². The first-order valence-electron chi connectivity index (χ1n) is 6.05. The number of piperidine rings is 1. The van der Waals surface area contributed by atoms with Crippen molar-refractivity contribution in [1.29, 1.82) is 0 Å². The summed E-state index contributed by atoms with van der Waals surface area (Å²) in [6.07, 6.45) is 1.47. The number of carboxylic acid groups (broad SMARTS) is 1.